The Morgan fingerprint density at radius 2 is 2.07 bits per heavy atom. The fourth-order valence-electron chi connectivity index (χ4n) is 0.910. The Bertz CT molecular complexity index is 332. The molecule has 0 atom stereocenters. The second-order valence-electron chi connectivity index (χ2n) is 2.81. The van der Waals surface area contributed by atoms with E-state index in [0.717, 1.165) is 5.69 Å². The van der Waals surface area contributed by atoms with E-state index in [1.54, 1.807) is 25.1 Å². The molecule has 14 heavy (non-hydrogen) atoms. The van der Waals surface area contributed by atoms with Crippen LogP contribution < -0.4 is 10.6 Å². The summed E-state index contributed by atoms with van der Waals surface area (Å²) in [4.78, 5) is 2.82. The van der Waals surface area contributed by atoms with Gasteiger partial charge in [0.1, 0.15) is 6.26 Å². The van der Waals surface area contributed by atoms with Crippen LogP contribution in [0.3, 0.4) is 0 Å². The van der Waals surface area contributed by atoms with Crippen LogP contribution in [-0.4, -0.2) is 30.9 Å². The van der Waals surface area contributed by atoms with Crippen molar-refractivity contribution in [2.24, 2.45) is 5.73 Å². The molecule has 6 nitrogen and oxygen atoms in total. The van der Waals surface area contributed by atoms with Crippen LogP contribution in [0.4, 0.5) is 5.69 Å². The van der Waals surface area contributed by atoms with E-state index in [-0.39, 0.29) is 11.9 Å². The van der Waals surface area contributed by atoms with E-state index in [9.17, 15) is 0 Å². The lowest BCUT2D eigenvalue weighted by molar-refractivity contribution is 0.567. The first-order valence-electron chi connectivity index (χ1n) is 3.96. The van der Waals surface area contributed by atoms with Gasteiger partial charge in [0.2, 0.25) is 5.96 Å². The molecule has 0 aromatic carbocycles. The van der Waals surface area contributed by atoms with Crippen molar-refractivity contribution in [1.29, 1.82) is 10.8 Å². The first kappa shape index (κ1) is 10.1. The fraction of sp³-hybridized carbons (Fsp3) is 0.250. The Hall–Kier alpha value is -1.98. The zero-order valence-corrected chi connectivity index (χ0v) is 8.11. The number of hydrogen-bond acceptors (Lipinski definition) is 3. The van der Waals surface area contributed by atoms with Crippen molar-refractivity contribution in [3.8, 4) is 0 Å². The van der Waals surface area contributed by atoms with Gasteiger partial charge in [-0.3, -0.25) is 15.7 Å². The first-order chi connectivity index (χ1) is 6.54. The summed E-state index contributed by atoms with van der Waals surface area (Å²) in [6, 6.07) is 1.72. The van der Waals surface area contributed by atoms with E-state index in [0.29, 0.717) is 0 Å². The van der Waals surface area contributed by atoms with Gasteiger partial charge in [-0.1, -0.05) is 0 Å². The zero-order valence-electron chi connectivity index (χ0n) is 8.11. The van der Waals surface area contributed by atoms with Crippen LogP contribution in [0.5, 0.6) is 0 Å². The highest BCUT2D eigenvalue weighted by atomic mass is 16.3. The number of nitrogens with zero attached hydrogens (tertiary/aromatic N) is 2. The molecule has 76 valence electrons. The van der Waals surface area contributed by atoms with Gasteiger partial charge in [0.05, 0.1) is 12.0 Å². The van der Waals surface area contributed by atoms with Gasteiger partial charge in [-0.05, 0) is 0 Å². The van der Waals surface area contributed by atoms with Crippen LogP contribution in [0, 0.1) is 10.8 Å². The Morgan fingerprint density at radius 1 is 1.43 bits per heavy atom. The predicted octanol–water partition coefficient (Wildman–Crippen LogP) is 0.476. The number of rotatable bonds is 1. The van der Waals surface area contributed by atoms with E-state index in [4.69, 9.17) is 21.0 Å². The average Bonchev–Trinajstić information content (AvgIpc) is 2.67. The average molecular weight is 195 g/mol. The first-order valence-corrected chi connectivity index (χ1v) is 3.96. The summed E-state index contributed by atoms with van der Waals surface area (Å²) < 4.78 is 4.88. The summed E-state index contributed by atoms with van der Waals surface area (Å²) in [7, 11) is 3.26. The molecule has 0 amide bonds. The minimum absolute atomic E-state index is 0.110. The number of furan rings is 1. The molecule has 0 saturated heterocycles. The molecule has 0 aliphatic carbocycles. The molecular weight excluding hydrogens is 182 g/mol. The lowest BCUT2D eigenvalue weighted by Crippen LogP contribution is -2.45. The second-order valence-corrected chi connectivity index (χ2v) is 2.81. The number of nitrogens with one attached hydrogen (secondary N) is 2. The van der Waals surface area contributed by atoms with Crippen molar-refractivity contribution in [1.82, 2.24) is 4.90 Å². The van der Waals surface area contributed by atoms with Gasteiger partial charge in [-0.25, -0.2) is 0 Å². The van der Waals surface area contributed by atoms with Crippen LogP contribution >= 0.6 is 0 Å². The second kappa shape index (κ2) is 3.82. The molecule has 1 heterocycles. The predicted molar refractivity (Wildman–Crippen MR) is 54.5 cm³/mol. The zero-order chi connectivity index (χ0) is 10.7. The highest BCUT2D eigenvalue weighted by Gasteiger charge is 2.14. The maximum Gasteiger partial charge on any atom is 0.204 e. The largest absolute Gasteiger partial charge is 0.470 e. The maximum absolute atomic E-state index is 7.70. The molecule has 0 spiro atoms. The highest BCUT2D eigenvalue weighted by molar-refractivity contribution is 6.02. The SMILES string of the molecule is CN(C(=N)N)C(=N)N(C)c1ccoc1. The normalized spacial score (nSPS) is 9.57. The minimum Gasteiger partial charge on any atom is -0.470 e. The van der Waals surface area contributed by atoms with Crippen molar-refractivity contribution in [2.45, 2.75) is 0 Å². The number of nitrogens with two attached hydrogens (primary N) is 1. The summed E-state index contributed by atoms with van der Waals surface area (Å²) >= 11 is 0. The topological polar surface area (TPSA) is 93.3 Å². The van der Waals surface area contributed by atoms with Crippen LogP contribution in [0.25, 0.3) is 0 Å². The summed E-state index contributed by atoms with van der Waals surface area (Å²) in [5.41, 5.74) is 5.99. The molecule has 4 N–H and O–H groups in total. The third kappa shape index (κ3) is 1.85. The van der Waals surface area contributed by atoms with Gasteiger partial charge >= 0.3 is 0 Å². The summed E-state index contributed by atoms with van der Waals surface area (Å²) in [6.45, 7) is 0. The molecule has 1 aromatic heterocycles. The lowest BCUT2D eigenvalue weighted by atomic mass is 10.5. The van der Waals surface area contributed by atoms with Gasteiger partial charge in [0, 0.05) is 20.2 Å². The minimum atomic E-state index is -0.176. The molecule has 0 fully saturated rings. The molecule has 0 saturated carbocycles. The fourth-order valence-corrected chi connectivity index (χ4v) is 0.910. The van der Waals surface area contributed by atoms with Crippen LogP contribution in [0.1, 0.15) is 0 Å². The molecule has 0 aliphatic rings. The Balaban J connectivity index is 2.76. The van der Waals surface area contributed by atoms with E-state index in [1.165, 1.54) is 17.4 Å². The molecule has 6 heteroatoms. The van der Waals surface area contributed by atoms with Crippen LogP contribution in [0.2, 0.25) is 0 Å². The van der Waals surface area contributed by atoms with E-state index < -0.39 is 0 Å². The molecular formula is C8H13N5O. The Kier molecular flexibility index (Phi) is 2.76. The third-order valence-corrected chi connectivity index (χ3v) is 1.89. The van der Waals surface area contributed by atoms with Crippen molar-refractivity contribution >= 4 is 17.6 Å². The van der Waals surface area contributed by atoms with E-state index in [2.05, 4.69) is 0 Å². The van der Waals surface area contributed by atoms with Crippen LogP contribution in [0.15, 0.2) is 23.0 Å². The third-order valence-electron chi connectivity index (χ3n) is 1.89. The molecule has 0 unspecified atom stereocenters. The smallest absolute Gasteiger partial charge is 0.204 e. The standard InChI is InChI=1S/C8H13N5O/c1-12(6-3-4-14-5-6)8(11)13(2)7(9)10/h3-5,11H,1-2H3,(H3,9,10). The highest BCUT2D eigenvalue weighted by Crippen LogP contribution is 2.12. The monoisotopic (exact) mass is 195 g/mol. The van der Waals surface area contributed by atoms with Gasteiger partial charge in [0.15, 0.2) is 5.96 Å². The van der Waals surface area contributed by atoms with Gasteiger partial charge in [0.25, 0.3) is 0 Å². The molecule has 1 aromatic rings. The Labute approximate surface area is 81.9 Å². The summed E-state index contributed by atoms with van der Waals surface area (Å²) in [5.74, 6) is -0.0655. The summed E-state index contributed by atoms with van der Waals surface area (Å²) in [6.07, 6.45) is 3.04. The van der Waals surface area contributed by atoms with E-state index in [1.807, 2.05) is 0 Å². The molecule has 0 bridgehead atoms. The molecule has 0 aliphatic heterocycles. The molecule has 1 rings (SSSR count). The van der Waals surface area contributed by atoms with Gasteiger partial charge < -0.3 is 15.1 Å². The van der Waals surface area contributed by atoms with Crippen molar-refractivity contribution in [2.75, 3.05) is 19.0 Å². The number of anilines is 1. The number of hydrogen-bond donors (Lipinski definition) is 3. The van der Waals surface area contributed by atoms with Gasteiger partial charge in [-0.15, -0.1) is 0 Å². The Morgan fingerprint density at radius 3 is 2.50 bits per heavy atom. The maximum atomic E-state index is 7.70. The van der Waals surface area contributed by atoms with Crippen molar-refractivity contribution in [3.05, 3.63) is 18.6 Å². The molecule has 0 radical (unpaired) electrons. The quantitative estimate of drug-likeness (QED) is 0.448. The lowest BCUT2D eigenvalue weighted by Gasteiger charge is -2.25. The number of guanidine groups is 2. The summed E-state index contributed by atoms with van der Waals surface area (Å²) in [5, 5.41) is 14.9. The van der Waals surface area contributed by atoms with Gasteiger partial charge in [-0.2, -0.15) is 0 Å². The van der Waals surface area contributed by atoms with Crippen LogP contribution in [-0.2, 0) is 0 Å². The van der Waals surface area contributed by atoms with Crippen molar-refractivity contribution in [3.63, 3.8) is 0 Å². The van der Waals surface area contributed by atoms with E-state index >= 15 is 0 Å². The van der Waals surface area contributed by atoms with Crippen molar-refractivity contribution < 1.29 is 4.42 Å².